The molecule has 0 amide bonds. The molecule has 106 valence electrons. The van der Waals surface area contributed by atoms with Gasteiger partial charge in [-0.15, -0.1) is 0 Å². The molecule has 1 heterocycles. The molecule has 0 spiro atoms. The molecule has 0 fully saturated rings. The minimum Gasteiger partial charge on any atom is -0.383 e. The standard InChI is InChI=1S/C16H20BrN3/c1-3-9-19-15(12-6-4-5-7-13(12)17)14-11(2)8-10-20-16(14)18/h4-8,10,15,19H,3,9H2,1-2H3,(H2,18,20). The molecule has 0 radical (unpaired) electrons. The van der Waals surface area contributed by atoms with E-state index in [-0.39, 0.29) is 6.04 Å². The first-order valence-corrected chi connectivity index (χ1v) is 7.63. The summed E-state index contributed by atoms with van der Waals surface area (Å²) in [5, 5.41) is 3.57. The summed E-state index contributed by atoms with van der Waals surface area (Å²) in [6.45, 7) is 5.16. The maximum Gasteiger partial charge on any atom is 0.128 e. The van der Waals surface area contributed by atoms with Gasteiger partial charge in [0.25, 0.3) is 0 Å². The van der Waals surface area contributed by atoms with Gasteiger partial charge < -0.3 is 11.1 Å². The van der Waals surface area contributed by atoms with Crippen LogP contribution in [0.5, 0.6) is 0 Å². The normalized spacial score (nSPS) is 12.3. The van der Waals surface area contributed by atoms with Gasteiger partial charge >= 0.3 is 0 Å². The predicted molar refractivity (Wildman–Crippen MR) is 87.7 cm³/mol. The lowest BCUT2D eigenvalue weighted by molar-refractivity contribution is 0.594. The summed E-state index contributed by atoms with van der Waals surface area (Å²) in [7, 11) is 0. The zero-order valence-corrected chi connectivity index (χ0v) is 13.4. The average Bonchev–Trinajstić information content (AvgIpc) is 2.43. The Morgan fingerprint density at radius 3 is 2.70 bits per heavy atom. The Bertz CT molecular complexity index is 563. The van der Waals surface area contributed by atoms with E-state index in [1.54, 1.807) is 6.20 Å². The van der Waals surface area contributed by atoms with Gasteiger partial charge in [-0.2, -0.15) is 0 Å². The molecular formula is C16H20BrN3. The maximum absolute atomic E-state index is 6.12. The number of hydrogen-bond acceptors (Lipinski definition) is 3. The van der Waals surface area contributed by atoms with Crippen LogP contribution in [0.3, 0.4) is 0 Å². The number of nitrogen functional groups attached to an aromatic ring is 1. The summed E-state index contributed by atoms with van der Waals surface area (Å²) in [5.41, 5.74) is 9.52. The highest BCUT2D eigenvalue weighted by atomic mass is 79.9. The van der Waals surface area contributed by atoms with Gasteiger partial charge in [-0.25, -0.2) is 4.98 Å². The van der Waals surface area contributed by atoms with E-state index in [2.05, 4.69) is 52.2 Å². The van der Waals surface area contributed by atoms with E-state index in [0.717, 1.165) is 28.6 Å². The van der Waals surface area contributed by atoms with Crippen LogP contribution in [-0.4, -0.2) is 11.5 Å². The van der Waals surface area contributed by atoms with Crippen molar-refractivity contribution < 1.29 is 0 Å². The zero-order chi connectivity index (χ0) is 14.5. The number of nitrogens with zero attached hydrogens (tertiary/aromatic N) is 1. The number of halogens is 1. The first-order chi connectivity index (χ1) is 9.65. The van der Waals surface area contributed by atoms with E-state index in [1.165, 1.54) is 5.56 Å². The highest BCUT2D eigenvalue weighted by Gasteiger charge is 2.20. The molecule has 1 aromatic carbocycles. The fourth-order valence-corrected chi connectivity index (χ4v) is 2.85. The van der Waals surface area contributed by atoms with Crippen molar-refractivity contribution >= 4 is 21.7 Å². The summed E-state index contributed by atoms with van der Waals surface area (Å²) in [5.74, 6) is 0.592. The van der Waals surface area contributed by atoms with Gasteiger partial charge in [0, 0.05) is 16.2 Å². The van der Waals surface area contributed by atoms with Crippen LogP contribution in [0.1, 0.15) is 36.1 Å². The Hall–Kier alpha value is -1.39. The third-order valence-electron chi connectivity index (χ3n) is 3.34. The molecule has 0 saturated carbocycles. The van der Waals surface area contributed by atoms with Crippen molar-refractivity contribution in [3.63, 3.8) is 0 Å². The minimum absolute atomic E-state index is 0.0548. The van der Waals surface area contributed by atoms with Crippen LogP contribution in [0.4, 0.5) is 5.82 Å². The number of anilines is 1. The number of nitrogens with one attached hydrogen (secondary N) is 1. The molecule has 0 aliphatic rings. The molecule has 2 aromatic rings. The zero-order valence-electron chi connectivity index (χ0n) is 11.9. The third-order valence-corrected chi connectivity index (χ3v) is 4.06. The summed E-state index contributed by atoms with van der Waals surface area (Å²) in [4.78, 5) is 4.25. The molecular weight excluding hydrogens is 314 g/mol. The second-order valence-corrected chi connectivity index (χ2v) is 5.69. The summed E-state index contributed by atoms with van der Waals surface area (Å²) >= 11 is 3.63. The Kier molecular flexibility index (Phi) is 5.15. The van der Waals surface area contributed by atoms with Crippen molar-refractivity contribution in [3.8, 4) is 0 Å². The van der Waals surface area contributed by atoms with Crippen LogP contribution in [0.2, 0.25) is 0 Å². The fraction of sp³-hybridized carbons (Fsp3) is 0.312. The second kappa shape index (κ2) is 6.86. The van der Waals surface area contributed by atoms with Crippen LogP contribution in [0, 0.1) is 6.92 Å². The number of aryl methyl sites for hydroxylation is 1. The van der Waals surface area contributed by atoms with Gasteiger partial charge in [-0.05, 0) is 43.1 Å². The quantitative estimate of drug-likeness (QED) is 0.874. The first kappa shape index (κ1) is 15.0. The van der Waals surface area contributed by atoms with Crippen molar-refractivity contribution in [1.82, 2.24) is 10.3 Å². The molecule has 2 rings (SSSR count). The van der Waals surface area contributed by atoms with Gasteiger partial charge in [0.2, 0.25) is 0 Å². The smallest absolute Gasteiger partial charge is 0.128 e. The van der Waals surface area contributed by atoms with Crippen LogP contribution in [-0.2, 0) is 0 Å². The van der Waals surface area contributed by atoms with Crippen LogP contribution < -0.4 is 11.1 Å². The van der Waals surface area contributed by atoms with E-state index in [9.17, 15) is 0 Å². The van der Waals surface area contributed by atoms with Crippen LogP contribution in [0.25, 0.3) is 0 Å². The lowest BCUT2D eigenvalue weighted by Crippen LogP contribution is -2.25. The highest BCUT2D eigenvalue weighted by Crippen LogP contribution is 2.32. The van der Waals surface area contributed by atoms with E-state index in [1.807, 2.05) is 18.2 Å². The molecule has 4 heteroatoms. The number of aromatic nitrogens is 1. The van der Waals surface area contributed by atoms with Gasteiger partial charge in [-0.1, -0.05) is 41.1 Å². The molecule has 0 aliphatic heterocycles. The Labute approximate surface area is 128 Å². The molecule has 1 unspecified atom stereocenters. The number of rotatable bonds is 5. The van der Waals surface area contributed by atoms with Gasteiger partial charge in [0.05, 0.1) is 6.04 Å². The summed E-state index contributed by atoms with van der Waals surface area (Å²) in [6, 6.07) is 10.3. The van der Waals surface area contributed by atoms with Crippen LogP contribution >= 0.6 is 15.9 Å². The number of hydrogen-bond donors (Lipinski definition) is 2. The monoisotopic (exact) mass is 333 g/mol. The lowest BCUT2D eigenvalue weighted by atomic mass is 9.95. The molecule has 20 heavy (non-hydrogen) atoms. The first-order valence-electron chi connectivity index (χ1n) is 6.84. The molecule has 3 nitrogen and oxygen atoms in total. The van der Waals surface area contributed by atoms with Crippen molar-refractivity contribution in [2.75, 3.05) is 12.3 Å². The molecule has 1 aromatic heterocycles. The SMILES string of the molecule is CCCNC(c1ccccc1Br)c1c(C)ccnc1N. The van der Waals surface area contributed by atoms with Crippen molar-refractivity contribution in [3.05, 3.63) is 57.7 Å². The largest absolute Gasteiger partial charge is 0.383 e. The summed E-state index contributed by atoms with van der Waals surface area (Å²) < 4.78 is 1.08. The molecule has 0 bridgehead atoms. The average molecular weight is 334 g/mol. The maximum atomic E-state index is 6.12. The van der Waals surface area contributed by atoms with Gasteiger partial charge in [0.1, 0.15) is 5.82 Å². The van der Waals surface area contributed by atoms with Crippen molar-refractivity contribution in [2.24, 2.45) is 0 Å². The number of nitrogens with two attached hydrogens (primary N) is 1. The Morgan fingerprint density at radius 1 is 1.30 bits per heavy atom. The van der Waals surface area contributed by atoms with E-state index >= 15 is 0 Å². The van der Waals surface area contributed by atoms with E-state index in [0.29, 0.717) is 5.82 Å². The van der Waals surface area contributed by atoms with Gasteiger partial charge in [-0.3, -0.25) is 0 Å². The summed E-state index contributed by atoms with van der Waals surface area (Å²) in [6.07, 6.45) is 2.82. The van der Waals surface area contributed by atoms with Crippen molar-refractivity contribution in [2.45, 2.75) is 26.3 Å². The minimum atomic E-state index is 0.0548. The predicted octanol–water partition coefficient (Wildman–Crippen LogP) is 3.82. The highest BCUT2D eigenvalue weighted by molar-refractivity contribution is 9.10. The van der Waals surface area contributed by atoms with E-state index < -0.39 is 0 Å². The molecule has 3 N–H and O–H groups in total. The second-order valence-electron chi connectivity index (χ2n) is 4.84. The van der Waals surface area contributed by atoms with Gasteiger partial charge in [0.15, 0.2) is 0 Å². The fourth-order valence-electron chi connectivity index (χ4n) is 2.33. The number of benzene rings is 1. The third kappa shape index (κ3) is 3.19. The molecule has 0 aliphatic carbocycles. The lowest BCUT2D eigenvalue weighted by Gasteiger charge is -2.23. The topological polar surface area (TPSA) is 50.9 Å². The molecule has 0 saturated heterocycles. The van der Waals surface area contributed by atoms with Crippen LogP contribution in [0.15, 0.2) is 41.0 Å². The van der Waals surface area contributed by atoms with E-state index in [4.69, 9.17) is 5.73 Å². The molecule has 1 atom stereocenters. The number of pyridine rings is 1. The Morgan fingerprint density at radius 2 is 2.05 bits per heavy atom. The van der Waals surface area contributed by atoms with Crippen molar-refractivity contribution in [1.29, 1.82) is 0 Å². The Balaban J connectivity index is 2.50.